The van der Waals surface area contributed by atoms with Gasteiger partial charge in [-0.1, -0.05) is 26.7 Å². The number of ether oxygens (including phenoxy) is 2. The summed E-state index contributed by atoms with van der Waals surface area (Å²) >= 11 is 0. The zero-order chi connectivity index (χ0) is 18.8. The van der Waals surface area contributed by atoms with Crippen LogP contribution >= 0.6 is 0 Å². The molecule has 0 spiro atoms. The minimum absolute atomic E-state index is 0.0249. The van der Waals surface area contributed by atoms with Crippen molar-refractivity contribution >= 4 is 0 Å². The molecule has 1 fully saturated rings. The van der Waals surface area contributed by atoms with E-state index in [0.29, 0.717) is 12.8 Å². The first kappa shape index (κ1) is 21.6. The van der Waals surface area contributed by atoms with Crippen molar-refractivity contribution in [1.82, 2.24) is 0 Å². The van der Waals surface area contributed by atoms with E-state index in [4.69, 9.17) is 15.9 Å². The van der Waals surface area contributed by atoms with E-state index in [1.54, 1.807) is 0 Å². The Morgan fingerprint density at radius 1 is 1.04 bits per heavy atom. The monoisotopic (exact) mass is 342 g/mol. The van der Waals surface area contributed by atoms with E-state index < -0.39 is 5.79 Å². The molecule has 25 heavy (non-hydrogen) atoms. The summed E-state index contributed by atoms with van der Waals surface area (Å²) in [5, 5.41) is 0. The fourth-order valence-corrected chi connectivity index (χ4v) is 2.68. The van der Waals surface area contributed by atoms with Crippen LogP contribution in [0.1, 0.15) is 79.6 Å². The average molecular weight is 343 g/mol. The van der Waals surface area contributed by atoms with Crippen molar-refractivity contribution in [2.45, 2.75) is 85.4 Å². The molecule has 0 bridgehead atoms. The summed E-state index contributed by atoms with van der Waals surface area (Å²) in [6.45, 7) is 12.3. The zero-order valence-corrected chi connectivity index (χ0v) is 16.8. The van der Waals surface area contributed by atoms with Crippen LogP contribution in [0.5, 0.6) is 0 Å². The summed E-state index contributed by atoms with van der Waals surface area (Å²) in [6.07, 6.45) is 11.3. The van der Waals surface area contributed by atoms with Crippen LogP contribution in [0.3, 0.4) is 0 Å². The van der Waals surface area contributed by atoms with Crippen LogP contribution in [0.2, 0.25) is 0 Å². The normalized spacial score (nSPS) is 16.2. The molecule has 0 aromatic heterocycles. The third-order valence-corrected chi connectivity index (χ3v) is 4.13. The molecule has 1 heterocycles. The number of hydrogen-bond acceptors (Lipinski definition) is 2. The highest BCUT2D eigenvalue weighted by Gasteiger charge is 2.37. The Morgan fingerprint density at radius 3 is 2.24 bits per heavy atom. The van der Waals surface area contributed by atoms with Gasteiger partial charge in [-0.05, 0) is 49.7 Å². The van der Waals surface area contributed by atoms with Crippen molar-refractivity contribution in [3.05, 3.63) is 16.9 Å². The molecule has 0 N–H and O–H groups in total. The third-order valence-electron chi connectivity index (χ3n) is 4.13. The van der Waals surface area contributed by atoms with Crippen molar-refractivity contribution in [2.75, 3.05) is 13.2 Å². The molecule has 0 radical (unpaired) electrons. The molecular formula is C23H34O2. The van der Waals surface area contributed by atoms with Gasteiger partial charge in [-0.2, -0.15) is 0 Å². The van der Waals surface area contributed by atoms with E-state index in [0.717, 1.165) is 45.3 Å². The van der Waals surface area contributed by atoms with Gasteiger partial charge in [0.15, 0.2) is 5.79 Å². The molecule has 1 aliphatic heterocycles. The quantitative estimate of drug-likeness (QED) is 0.353. The molecule has 2 nitrogen and oxygen atoms in total. The van der Waals surface area contributed by atoms with Gasteiger partial charge in [-0.3, -0.25) is 0 Å². The molecule has 0 amide bonds. The Hall–Kier alpha value is -1.44. The Bertz CT molecular complexity index is 570. The van der Waals surface area contributed by atoms with Crippen molar-refractivity contribution in [3.8, 4) is 24.2 Å². The second-order valence-electron chi connectivity index (χ2n) is 7.93. The predicted octanol–water partition coefficient (Wildman–Crippen LogP) is 5.63. The number of rotatable bonds is 6. The molecular weight excluding hydrogens is 308 g/mol. The SMILES string of the molecule is C#CCCCCC#CCC1(CC(=C=C(C)C)C(C)(C)C)OCCCO1. The lowest BCUT2D eigenvalue weighted by Gasteiger charge is -2.38. The minimum Gasteiger partial charge on any atom is -0.349 e. The van der Waals surface area contributed by atoms with Gasteiger partial charge in [0.1, 0.15) is 0 Å². The van der Waals surface area contributed by atoms with Crippen molar-refractivity contribution in [3.63, 3.8) is 0 Å². The van der Waals surface area contributed by atoms with E-state index in [1.807, 2.05) is 0 Å². The predicted molar refractivity (Wildman–Crippen MR) is 105 cm³/mol. The molecule has 0 aliphatic carbocycles. The molecule has 1 aliphatic rings. The summed E-state index contributed by atoms with van der Waals surface area (Å²) in [4.78, 5) is 0. The third kappa shape index (κ3) is 8.47. The Balaban J connectivity index is 2.84. The van der Waals surface area contributed by atoms with Crippen LogP contribution < -0.4 is 0 Å². The minimum atomic E-state index is -0.630. The molecule has 0 aromatic carbocycles. The summed E-state index contributed by atoms with van der Waals surface area (Å²) in [6, 6.07) is 0. The van der Waals surface area contributed by atoms with E-state index >= 15 is 0 Å². The lowest BCUT2D eigenvalue weighted by Crippen LogP contribution is -2.41. The Labute approximate surface area is 155 Å². The second kappa shape index (κ2) is 10.5. The van der Waals surface area contributed by atoms with E-state index in [9.17, 15) is 0 Å². The van der Waals surface area contributed by atoms with Crippen LogP contribution in [0.15, 0.2) is 16.9 Å². The lowest BCUT2D eigenvalue weighted by molar-refractivity contribution is -0.263. The van der Waals surface area contributed by atoms with Gasteiger partial charge in [0.25, 0.3) is 0 Å². The smallest absolute Gasteiger partial charge is 0.183 e. The maximum Gasteiger partial charge on any atom is 0.183 e. The maximum absolute atomic E-state index is 6.10. The Morgan fingerprint density at radius 2 is 1.68 bits per heavy atom. The van der Waals surface area contributed by atoms with Gasteiger partial charge in [-0.25, -0.2) is 0 Å². The fraction of sp³-hybridized carbons (Fsp3) is 0.696. The highest BCUT2D eigenvalue weighted by atomic mass is 16.7. The highest BCUT2D eigenvalue weighted by molar-refractivity contribution is 5.17. The standard InChI is InChI=1S/C23H34O2/c1-7-8-9-10-11-12-13-15-23(24-16-14-17-25-23)19-21(18-20(2)3)22(4,5)6/h1H,8-11,14-17,19H2,2-6H3. The lowest BCUT2D eigenvalue weighted by atomic mass is 9.81. The summed E-state index contributed by atoms with van der Waals surface area (Å²) in [7, 11) is 0. The van der Waals surface area contributed by atoms with Crippen LogP contribution in [-0.2, 0) is 9.47 Å². The number of unbranched alkanes of at least 4 members (excludes halogenated alkanes) is 3. The number of terminal acetylenes is 1. The van der Waals surface area contributed by atoms with Gasteiger partial charge in [-0.15, -0.1) is 24.0 Å². The maximum atomic E-state index is 6.10. The highest BCUT2D eigenvalue weighted by Crippen LogP contribution is 2.37. The molecule has 0 aromatic rings. The first-order valence-electron chi connectivity index (χ1n) is 9.40. The number of hydrogen-bond donors (Lipinski definition) is 0. The van der Waals surface area contributed by atoms with Gasteiger partial charge < -0.3 is 9.47 Å². The molecule has 1 rings (SSSR count). The molecule has 2 heteroatoms. The summed E-state index contributed by atoms with van der Waals surface area (Å²) < 4.78 is 12.2. The summed E-state index contributed by atoms with van der Waals surface area (Å²) in [5.41, 5.74) is 5.95. The van der Waals surface area contributed by atoms with Gasteiger partial charge in [0.2, 0.25) is 0 Å². The van der Waals surface area contributed by atoms with E-state index in [2.05, 4.69) is 58.1 Å². The molecule has 0 unspecified atom stereocenters. The molecule has 1 saturated heterocycles. The largest absolute Gasteiger partial charge is 0.349 e. The second-order valence-corrected chi connectivity index (χ2v) is 7.93. The summed E-state index contributed by atoms with van der Waals surface area (Å²) in [5.74, 6) is 8.58. The van der Waals surface area contributed by atoms with Gasteiger partial charge in [0, 0.05) is 19.3 Å². The topological polar surface area (TPSA) is 18.5 Å². The van der Waals surface area contributed by atoms with Crippen LogP contribution in [-0.4, -0.2) is 19.0 Å². The molecule has 0 saturated carbocycles. The van der Waals surface area contributed by atoms with E-state index in [-0.39, 0.29) is 5.41 Å². The molecule has 138 valence electrons. The average Bonchev–Trinajstić information content (AvgIpc) is 2.53. The van der Waals surface area contributed by atoms with Crippen LogP contribution in [0.25, 0.3) is 0 Å². The fourth-order valence-electron chi connectivity index (χ4n) is 2.68. The van der Waals surface area contributed by atoms with Crippen molar-refractivity contribution < 1.29 is 9.47 Å². The zero-order valence-electron chi connectivity index (χ0n) is 16.8. The van der Waals surface area contributed by atoms with Crippen LogP contribution in [0, 0.1) is 29.6 Å². The van der Waals surface area contributed by atoms with Crippen LogP contribution in [0.4, 0.5) is 0 Å². The first-order valence-corrected chi connectivity index (χ1v) is 9.40. The van der Waals surface area contributed by atoms with E-state index in [1.165, 1.54) is 11.1 Å². The van der Waals surface area contributed by atoms with Gasteiger partial charge in [0.05, 0.1) is 19.6 Å². The van der Waals surface area contributed by atoms with Crippen molar-refractivity contribution in [1.29, 1.82) is 0 Å². The first-order chi connectivity index (χ1) is 11.8. The van der Waals surface area contributed by atoms with Crippen molar-refractivity contribution in [2.24, 2.45) is 5.41 Å². The Kier molecular flexibility index (Phi) is 9.10. The molecule has 0 atom stereocenters. The van der Waals surface area contributed by atoms with Gasteiger partial charge >= 0.3 is 0 Å².